The molecule has 0 aliphatic carbocycles. The zero-order chi connectivity index (χ0) is 18.2. The second kappa shape index (κ2) is 9.44. The molecule has 0 radical (unpaired) electrons. The van der Waals surface area contributed by atoms with Crippen LogP contribution in [0.5, 0.6) is 0 Å². The van der Waals surface area contributed by atoms with Crippen molar-refractivity contribution in [3.05, 3.63) is 20.8 Å². The van der Waals surface area contributed by atoms with Gasteiger partial charge in [-0.15, -0.1) is 0 Å². The monoisotopic (exact) mass is 349 g/mol. The summed E-state index contributed by atoms with van der Waals surface area (Å²) in [7, 11) is 1.63. The van der Waals surface area contributed by atoms with Gasteiger partial charge in [-0.05, 0) is 12.8 Å². The van der Waals surface area contributed by atoms with Crippen LogP contribution in [0.3, 0.4) is 0 Å². The van der Waals surface area contributed by atoms with Crippen molar-refractivity contribution in [3.8, 4) is 0 Å². The van der Waals surface area contributed by atoms with Gasteiger partial charge in [0.15, 0.2) is 11.2 Å². The van der Waals surface area contributed by atoms with Gasteiger partial charge in [-0.3, -0.25) is 14.3 Å². The van der Waals surface area contributed by atoms with Gasteiger partial charge in [0.05, 0.1) is 0 Å². The molecule has 0 atom stereocenters. The van der Waals surface area contributed by atoms with Crippen molar-refractivity contribution in [3.63, 3.8) is 0 Å². The van der Waals surface area contributed by atoms with Crippen LogP contribution in [0.2, 0.25) is 0 Å². The Bertz CT molecular complexity index is 787. The first-order valence-corrected chi connectivity index (χ1v) is 9.53. The Kier molecular flexibility index (Phi) is 7.28. The lowest BCUT2D eigenvalue weighted by Crippen LogP contribution is -2.29. The molecule has 7 nitrogen and oxygen atoms in total. The quantitative estimate of drug-likeness (QED) is 0.611. The van der Waals surface area contributed by atoms with Crippen molar-refractivity contribution in [2.24, 2.45) is 7.05 Å². The van der Waals surface area contributed by atoms with E-state index in [1.165, 1.54) is 36.7 Å². The first-order valence-electron chi connectivity index (χ1n) is 9.53. The average molecular weight is 349 g/mol. The first-order chi connectivity index (χ1) is 12.1. The molecule has 0 aromatic carbocycles. The van der Waals surface area contributed by atoms with Crippen molar-refractivity contribution < 1.29 is 0 Å². The molecule has 0 aliphatic heterocycles. The molecular weight excluding hydrogens is 318 g/mol. The maximum atomic E-state index is 12.3. The van der Waals surface area contributed by atoms with Crippen LogP contribution < -0.4 is 16.6 Å². The summed E-state index contributed by atoms with van der Waals surface area (Å²) in [6.45, 7) is 5.82. The fourth-order valence-corrected chi connectivity index (χ4v) is 3.05. The van der Waals surface area contributed by atoms with E-state index in [0.29, 0.717) is 17.1 Å². The molecule has 0 aliphatic rings. The van der Waals surface area contributed by atoms with E-state index in [1.54, 1.807) is 7.05 Å². The Morgan fingerprint density at radius 3 is 2.36 bits per heavy atom. The van der Waals surface area contributed by atoms with E-state index in [1.807, 2.05) is 4.57 Å². The van der Waals surface area contributed by atoms with E-state index in [2.05, 4.69) is 29.1 Å². The summed E-state index contributed by atoms with van der Waals surface area (Å²) in [6.07, 6.45) is 9.47. The summed E-state index contributed by atoms with van der Waals surface area (Å²) in [4.78, 5) is 31.0. The maximum Gasteiger partial charge on any atom is 0.329 e. The third-order valence-electron chi connectivity index (χ3n) is 4.53. The average Bonchev–Trinajstić information content (AvgIpc) is 2.96. The van der Waals surface area contributed by atoms with Gasteiger partial charge in [0.2, 0.25) is 5.95 Å². The third kappa shape index (κ3) is 4.74. The minimum atomic E-state index is -0.430. The van der Waals surface area contributed by atoms with Gasteiger partial charge in [0, 0.05) is 20.1 Å². The van der Waals surface area contributed by atoms with Crippen molar-refractivity contribution >= 4 is 17.1 Å². The zero-order valence-electron chi connectivity index (χ0n) is 15.7. The number of hydrogen-bond donors (Lipinski definition) is 2. The number of fused-ring (bicyclic) bond motifs is 1. The van der Waals surface area contributed by atoms with E-state index in [-0.39, 0.29) is 5.56 Å². The molecule has 25 heavy (non-hydrogen) atoms. The molecular formula is C18H31N5O2. The molecule has 0 spiro atoms. The highest BCUT2D eigenvalue weighted by molar-refractivity contribution is 5.74. The smallest absolute Gasteiger partial charge is 0.329 e. The van der Waals surface area contributed by atoms with Crippen molar-refractivity contribution in [2.45, 2.75) is 71.8 Å². The van der Waals surface area contributed by atoms with Gasteiger partial charge >= 0.3 is 5.69 Å². The van der Waals surface area contributed by atoms with Gasteiger partial charge in [-0.2, -0.15) is 4.98 Å². The molecule has 0 unspecified atom stereocenters. The number of nitrogens with zero attached hydrogens (tertiary/aromatic N) is 3. The van der Waals surface area contributed by atoms with Crippen LogP contribution >= 0.6 is 0 Å². The topological polar surface area (TPSA) is 84.7 Å². The lowest BCUT2D eigenvalue weighted by atomic mass is 10.1. The number of aryl methyl sites for hydroxylation is 2. The molecule has 2 rings (SSSR count). The number of aromatic nitrogens is 4. The van der Waals surface area contributed by atoms with Crippen LogP contribution in [0.15, 0.2) is 9.59 Å². The molecule has 2 aromatic heterocycles. The summed E-state index contributed by atoms with van der Waals surface area (Å²) < 4.78 is 3.32. The second-order valence-electron chi connectivity index (χ2n) is 6.63. The van der Waals surface area contributed by atoms with Crippen molar-refractivity contribution in [1.82, 2.24) is 19.1 Å². The third-order valence-corrected chi connectivity index (χ3v) is 4.53. The van der Waals surface area contributed by atoms with Crippen LogP contribution in [0.1, 0.15) is 65.2 Å². The van der Waals surface area contributed by atoms with E-state index < -0.39 is 5.69 Å². The number of H-pyrrole nitrogens is 1. The predicted molar refractivity (Wildman–Crippen MR) is 102 cm³/mol. The number of unbranched alkanes of at least 4 members (excludes halogenated alkanes) is 6. The summed E-state index contributed by atoms with van der Waals surface area (Å²) in [6, 6.07) is 0. The highest BCUT2D eigenvalue weighted by Gasteiger charge is 2.16. The number of nitrogens with one attached hydrogen (secondary N) is 2. The SMILES string of the molecule is CCCCCCCCCn1c(NCCC)nc2c1c(=O)[nH]c(=O)n2C. The highest BCUT2D eigenvalue weighted by Crippen LogP contribution is 2.17. The number of rotatable bonds is 11. The van der Waals surface area contributed by atoms with Crippen LogP contribution in [-0.4, -0.2) is 25.6 Å². The Morgan fingerprint density at radius 2 is 1.68 bits per heavy atom. The van der Waals surface area contributed by atoms with Gasteiger partial charge < -0.3 is 9.88 Å². The van der Waals surface area contributed by atoms with Gasteiger partial charge in [0.25, 0.3) is 5.56 Å². The molecule has 2 heterocycles. The summed E-state index contributed by atoms with van der Waals surface area (Å²) in [5.74, 6) is 0.675. The molecule has 0 fully saturated rings. The van der Waals surface area contributed by atoms with Gasteiger partial charge in [-0.1, -0.05) is 52.4 Å². The van der Waals surface area contributed by atoms with Crippen LogP contribution in [-0.2, 0) is 13.6 Å². The van der Waals surface area contributed by atoms with Gasteiger partial charge in [-0.25, -0.2) is 4.79 Å². The second-order valence-corrected chi connectivity index (χ2v) is 6.63. The molecule has 0 saturated heterocycles. The Balaban J connectivity index is 2.16. The molecule has 7 heteroatoms. The van der Waals surface area contributed by atoms with Crippen LogP contribution in [0, 0.1) is 0 Å². The predicted octanol–water partition coefficient (Wildman–Crippen LogP) is 3.00. The minimum absolute atomic E-state index is 0.363. The summed E-state index contributed by atoms with van der Waals surface area (Å²) >= 11 is 0. The normalized spacial score (nSPS) is 11.3. The van der Waals surface area contributed by atoms with Crippen LogP contribution in [0.4, 0.5) is 5.95 Å². The fraction of sp³-hybridized carbons (Fsp3) is 0.722. The Hall–Kier alpha value is -2.05. The Morgan fingerprint density at radius 1 is 1.00 bits per heavy atom. The summed E-state index contributed by atoms with van der Waals surface area (Å²) in [5.41, 5.74) is 0.125. The van der Waals surface area contributed by atoms with Crippen molar-refractivity contribution in [1.29, 1.82) is 0 Å². The zero-order valence-corrected chi connectivity index (χ0v) is 15.7. The Labute approximate surface area is 148 Å². The summed E-state index contributed by atoms with van der Waals surface area (Å²) in [5, 5.41) is 3.28. The highest BCUT2D eigenvalue weighted by atomic mass is 16.2. The molecule has 0 saturated carbocycles. The molecule has 0 bridgehead atoms. The molecule has 2 N–H and O–H groups in total. The fourth-order valence-electron chi connectivity index (χ4n) is 3.05. The largest absolute Gasteiger partial charge is 0.356 e. The molecule has 140 valence electrons. The van der Waals surface area contributed by atoms with E-state index in [4.69, 9.17) is 0 Å². The first kappa shape index (κ1) is 19.3. The van der Waals surface area contributed by atoms with E-state index >= 15 is 0 Å². The van der Waals surface area contributed by atoms with Crippen LogP contribution in [0.25, 0.3) is 11.2 Å². The number of hydrogen-bond acceptors (Lipinski definition) is 4. The van der Waals surface area contributed by atoms with E-state index in [0.717, 1.165) is 32.4 Å². The maximum absolute atomic E-state index is 12.3. The van der Waals surface area contributed by atoms with E-state index in [9.17, 15) is 9.59 Å². The number of anilines is 1. The minimum Gasteiger partial charge on any atom is -0.356 e. The molecule has 0 amide bonds. The lowest BCUT2D eigenvalue weighted by molar-refractivity contribution is 0.556. The number of aromatic amines is 1. The number of imidazole rings is 1. The molecule has 2 aromatic rings. The van der Waals surface area contributed by atoms with Gasteiger partial charge in [0.1, 0.15) is 0 Å². The lowest BCUT2D eigenvalue weighted by Gasteiger charge is -2.09. The van der Waals surface area contributed by atoms with Crippen molar-refractivity contribution in [2.75, 3.05) is 11.9 Å². The standard InChI is InChI=1S/C18H31N5O2/c1-4-6-7-8-9-10-11-13-23-14-15(20-17(23)19-12-5-2)22(3)18(25)21-16(14)24/h4-13H2,1-3H3,(H,19,20)(H,21,24,25).